The maximum Gasteiger partial charge on any atom is 0.452 e. The van der Waals surface area contributed by atoms with Crippen LogP contribution in [0.15, 0.2) is 0 Å². The zero-order valence-corrected chi connectivity index (χ0v) is 6.81. The Kier molecular flexibility index (Phi) is 3.47. The first kappa shape index (κ1) is 14.9. The Hall–Kier alpha value is -1.11. The summed E-state index contributed by atoms with van der Waals surface area (Å²) in [4.78, 5) is 0. The fraction of sp³-hybridized carbons (Fsp3) is 0.667. The molecule has 0 spiro atoms. The Morgan fingerprint density at radius 3 is 1.38 bits per heavy atom. The molecule has 0 heterocycles. The van der Waals surface area contributed by atoms with Crippen molar-refractivity contribution in [3.05, 3.63) is 0 Å². The lowest BCUT2D eigenvalue weighted by Crippen LogP contribution is -2.61. The summed E-state index contributed by atoms with van der Waals surface area (Å²) in [6, 6.07) is 0. The normalized spacial score (nSPS) is 14.4. The van der Waals surface area contributed by atoms with Crippen molar-refractivity contribution < 1.29 is 44.6 Å². The summed E-state index contributed by atoms with van der Waals surface area (Å²) in [5, 5.41) is 9.38. The van der Waals surface area contributed by atoms with Gasteiger partial charge in [0.15, 0.2) is 0 Å². The minimum atomic E-state index is -6.92. The molecule has 0 saturated carbocycles. The van der Waals surface area contributed by atoms with Gasteiger partial charge < -0.3 is 0 Å². The molecule has 0 atom stereocenters. The molecular weight excluding hydrogens is 259 g/mol. The van der Waals surface area contributed by atoms with Gasteiger partial charge >= 0.3 is 23.9 Å². The Morgan fingerprint density at radius 1 is 0.750 bits per heavy atom. The van der Waals surface area contributed by atoms with E-state index in [9.17, 15) is 44.6 Å². The molecule has 10 heteroatoms. The highest BCUT2D eigenvalue weighted by atomic mass is 19.4. The second-order valence-electron chi connectivity index (χ2n) is 2.46. The van der Waals surface area contributed by atoms with Gasteiger partial charge in [0.1, 0.15) is 6.17 Å². The zero-order valence-electron chi connectivity index (χ0n) is 6.81. The van der Waals surface area contributed by atoms with Crippen molar-refractivity contribution in [2.24, 2.45) is 0 Å². The lowest BCUT2D eigenvalue weighted by atomic mass is 10.0. The molecule has 0 aromatic carbocycles. The molecule has 0 aliphatic carbocycles. The molecule has 0 aliphatic rings. The van der Waals surface area contributed by atoms with Crippen LogP contribution in [0.3, 0.4) is 0 Å². The van der Waals surface area contributed by atoms with Gasteiger partial charge in [0, 0.05) is 5.92 Å². The predicted octanol–water partition coefficient (Wildman–Crippen LogP) is 2.85. The van der Waals surface area contributed by atoms with Crippen molar-refractivity contribution in [3.8, 4) is 12.1 Å². The highest BCUT2D eigenvalue weighted by Crippen LogP contribution is 2.51. The molecule has 0 saturated heterocycles. The van der Waals surface area contributed by atoms with Crippen molar-refractivity contribution in [2.75, 3.05) is 0 Å². The monoisotopic (exact) mass is 259 g/mol. The van der Waals surface area contributed by atoms with Gasteiger partial charge in [0.25, 0.3) is 0 Å². The van der Waals surface area contributed by atoms with Gasteiger partial charge in [0.2, 0.25) is 0 Å². The van der Waals surface area contributed by atoms with Crippen LogP contribution in [-0.4, -0.2) is 23.9 Å². The average molecular weight is 259 g/mol. The van der Waals surface area contributed by atoms with E-state index in [1.807, 2.05) is 0 Å². The van der Waals surface area contributed by atoms with E-state index in [0.29, 0.717) is 0 Å². The Balaban J connectivity index is 5.58. The summed E-state index contributed by atoms with van der Waals surface area (Å²) in [7, 11) is 0. The van der Waals surface area contributed by atoms with Gasteiger partial charge in [-0.3, -0.25) is 0 Å². The van der Waals surface area contributed by atoms with E-state index in [4.69, 9.17) is 0 Å². The Bertz CT molecular complexity index is 317. The Morgan fingerprint density at radius 2 is 1.12 bits per heavy atom. The van der Waals surface area contributed by atoms with Crippen LogP contribution in [0, 0.1) is 12.1 Å². The van der Waals surface area contributed by atoms with Gasteiger partial charge in [-0.15, -0.1) is 4.39 Å². The number of hydrogen-bond donors (Lipinski definition) is 0. The van der Waals surface area contributed by atoms with Crippen LogP contribution in [0.5, 0.6) is 0 Å². The van der Waals surface area contributed by atoms with E-state index in [0.717, 1.165) is 0 Å². The first-order valence-electron chi connectivity index (χ1n) is 3.15. The molecule has 0 rings (SSSR count). The van der Waals surface area contributed by atoms with Crippen LogP contribution in [0.4, 0.5) is 39.5 Å². The van der Waals surface area contributed by atoms with Crippen LogP contribution in [0.2, 0.25) is 0 Å². The zero-order chi connectivity index (χ0) is 13.4. The van der Waals surface area contributed by atoms with Crippen LogP contribution < -0.4 is 0 Å². The maximum atomic E-state index is 12.2. The molecule has 0 amide bonds. The highest BCUT2D eigenvalue weighted by Gasteiger charge is 2.81. The fourth-order valence-corrected chi connectivity index (χ4v) is 0.518. The highest BCUT2D eigenvalue weighted by molar-refractivity contribution is 5.16. The summed E-state index contributed by atoms with van der Waals surface area (Å²) >= 11 is 0. The average Bonchev–Trinajstić information content (AvgIpc) is 2.01. The molecule has 0 aromatic heterocycles. The number of rotatable bonds is 3. The lowest BCUT2D eigenvalue weighted by Gasteiger charge is -2.30. The van der Waals surface area contributed by atoms with Gasteiger partial charge in [-0.1, -0.05) is 0 Å². The molecule has 16 heavy (non-hydrogen) atoms. The van der Waals surface area contributed by atoms with Crippen LogP contribution in [-0.2, 0) is 5.11 Å². The second-order valence-corrected chi connectivity index (χ2v) is 2.46. The third-order valence-electron chi connectivity index (χ3n) is 1.36. The van der Waals surface area contributed by atoms with Crippen LogP contribution >= 0.6 is 0 Å². The molecule has 1 radical (unpaired) electrons. The van der Waals surface area contributed by atoms with Crippen molar-refractivity contribution in [1.82, 2.24) is 0 Å². The van der Waals surface area contributed by atoms with Crippen LogP contribution in [0.1, 0.15) is 0 Å². The maximum absolute atomic E-state index is 12.2. The predicted molar refractivity (Wildman–Crippen MR) is 29.4 cm³/mol. The number of alkyl halides is 8. The van der Waals surface area contributed by atoms with E-state index in [-0.39, 0.29) is 12.1 Å². The van der Waals surface area contributed by atoms with Crippen molar-refractivity contribution in [2.45, 2.75) is 23.9 Å². The largest absolute Gasteiger partial charge is 0.452 e. The molecule has 0 bridgehead atoms. The third-order valence-corrected chi connectivity index (χ3v) is 1.36. The standard InChI is InChI=1S/C6F9O/c7-2-1-3(8,9)4(10,11)5(12,13)6(14,15)16. The quantitative estimate of drug-likeness (QED) is 0.548. The number of halogens is 9. The lowest BCUT2D eigenvalue weighted by molar-refractivity contribution is -0.425. The van der Waals surface area contributed by atoms with E-state index in [2.05, 4.69) is 0 Å². The smallest absolute Gasteiger partial charge is 0.191 e. The van der Waals surface area contributed by atoms with E-state index >= 15 is 0 Å². The van der Waals surface area contributed by atoms with Crippen molar-refractivity contribution >= 4 is 0 Å². The molecule has 93 valence electrons. The first-order chi connectivity index (χ1) is 6.81. The fourth-order valence-electron chi connectivity index (χ4n) is 0.518. The SMILES string of the molecule is [O]C(F)(F)C(F)(F)C(F)(F)C(F)(F)C#CF. The van der Waals surface area contributed by atoms with Gasteiger partial charge in [-0.25, -0.2) is 0 Å². The molecule has 0 unspecified atom stereocenters. The Labute approximate surface area is 81.8 Å². The molecular formula is C6F9O. The second kappa shape index (κ2) is 3.73. The summed E-state index contributed by atoms with van der Waals surface area (Å²) in [6.45, 7) is 0. The summed E-state index contributed by atoms with van der Waals surface area (Å²) in [6.07, 6.45) is -6.99. The van der Waals surface area contributed by atoms with Gasteiger partial charge in [0.05, 0.1) is 0 Å². The summed E-state index contributed by atoms with van der Waals surface area (Å²) in [5.74, 6) is -20.2. The molecule has 0 N–H and O–H groups in total. The van der Waals surface area contributed by atoms with E-state index < -0.39 is 23.9 Å². The van der Waals surface area contributed by atoms with E-state index in [1.165, 1.54) is 0 Å². The molecule has 0 fully saturated rings. The van der Waals surface area contributed by atoms with Gasteiger partial charge in [-0.2, -0.15) is 40.2 Å². The topological polar surface area (TPSA) is 19.9 Å². The summed E-state index contributed by atoms with van der Waals surface area (Å²) in [5.41, 5.74) is 0. The van der Waals surface area contributed by atoms with E-state index in [1.54, 1.807) is 0 Å². The van der Waals surface area contributed by atoms with Crippen LogP contribution in [0.25, 0.3) is 0 Å². The molecule has 0 aromatic rings. The minimum Gasteiger partial charge on any atom is -0.191 e. The van der Waals surface area contributed by atoms with Gasteiger partial charge in [-0.05, 0) is 0 Å². The minimum absolute atomic E-state index is 0.312. The first-order valence-corrected chi connectivity index (χ1v) is 3.15. The number of hydrogen-bond acceptors (Lipinski definition) is 0. The van der Waals surface area contributed by atoms with Crippen molar-refractivity contribution in [1.29, 1.82) is 0 Å². The molecule has 1 nitrogen and oxygen atoms in total. The molecule has 0 aliphatic heterocycles. The van der Waals surface area contributed by atoms with Crippen molar-refractivity contribution in [3.63, 3.8) is 0 Å². The third kappa shape index (κ3) is 2.04. The summed E-state index contributed by atoms with van der Waals surface area (Å²) < 4.78 is 107.